The Morgan fingerprint density at radius 2 is 2.15 bits per heavy atom. The fourth-order valence-electron chi connectivity index (χ4n) is 4.12. The Balaban J connectivity index is 1.61. The second kappa shape index (κ2) is 10.3. The summed E-state index contributed by atoms with van der Waals surface area (Å²) in [5, 5.41) is 15.4. The molecule has 0 saturated carbocycles. The number of aromatic nitrogens is 3. The first kappa shape index (κ1) is 22.5. The molecule has 11 nitrogen and oxygen atoms in total. The normalized spacial score (nSPS) is 18.5. The molecule has 2 aliphatic rings. The van der Waals surface area contributed by atoms with Crippen LogP contribution in [0, 0.1) is 18.3 Å². The molecular formula is C22H28N8O3. The smallest absolute Gasteiger partial charge is 0.271 e. The topological polar surface area (TPSA) is 139 Å². The van der Waals surface area contributed by atoms with Crippen molar-refractivity contribution >= 4 is 29.2 Å². The van der Waals surface area contributed by atoms with Crippen molar-refractivity contribution in [3.05, 3.63) is 34.2 Å². The highest BCUT2D eigenvalue weighted by Crippen LogP contribution is 2.28. The first-order valence-corrected chi connectivity index (χ1v) is 11.1. The van der Waals surface area contributed by atoms with Gasteiger partial charge in [-0.05, 0) is 31.9 Å². The molecule has 11 heteroatoms. The number of hydrogen-bond donors (Lipinski definition) is 3. The van der Waals surface area contributed by atoms with Crippen LogP contribution in [0.25, 0.3) is 0 Å². The standard InChI is InChI=1S/C22H28N8O3/c1-15-19(25-16-4-3-9-30(14-16)18(31)6-7-23)27-22(26-17-5-2-8-24-21(17)32)28-20(15)29-10-12-33-13-11-29/h2,5,8,16H,3-4,6,9-14H2,1H3,(H,24,32)(H2,25,26,27,28). The number of likely N-dealkylation sites (tertiary alicyclic amines) is 1. The van der Waals surface area contributed by atoms with Crippen LogP contribution in [-0.2, 0) is 9.53 Å². The monoisotopic (exact) mass is 452 g/mol. The van der Waals surface area contributed by atoms with Gasteiger partial charge in [0.25, 0.3) is 5.56 Å². The van der Waals surface area contributed by atoms with Gasteiger partial charge in [-0.15, -0.1) is 0 Å². The zero-order valence-electron chi connectivity index (χ0n) is 18.6. The summed E-state index contributed by atoms with van der Waals surface area (Å²) in [6.07, 6.45) is 3.19. The zero-order chi connectivity index (χ0) is 23.2. The minimum Gasteiger partial charge on any atom is -0.378 e. The molecule has 2 aromatic heterocycles. The predicted molar refractivity (Wildman–Crippen MR) is 124 cm³/mol. The van der Waals surface area contributed by atoms with Crippen molar-refractivity contribution in [3.63, 3.8) is 0 Å². The molecule has 2 aromatic rings. The van der Waals surface area contributed by atoms with Crippen LogP contribution in [0.3, 0.4) is 0 Å². The van der Waals surface area contributed by atoms with Crippen molar-refractivity contribution in [1.82, 2.24) is 19.9 Å². The summed E-state index contributed by atoms with van der Waals surface area (Å²) in [5.74, 6) is 1.59. The molecule has 3 N–H and O–H groups in total. The summed E-state index contributed by atoms with van der Waals surface area (Å²) in [4.78, 5) is 40.2. The average molecular weight is 453 g/mol. The lowest BCUT2D eigenvalue weighted by Gasteiger charge is -2.34. The molecule has 174 valence electrons. The number of piperidine rings is 1. The number of carbonyl (C=O) groups excluding carboxylic acids is 1. The SMILES string of the molecule is Cc1c(NC2CCCN(C(=O)CC#N)C2)nc(Nc2ccc[nH]c2=O)nc1N1CCOCC1. The maximum atomic E-state index is 12.2. The highest BCUT2D eigenvalue weighted by atomic mass is 16.5. The second-order valence-corrected chi connectivity index (χ2v) is 8.14. The first-order chi connectivity index (χ1) is 16.0. The number of ether oxygens (including phenoxy) is 1. The molecule has 0 aliphatic carbocycles. The van der Waals surface area contributed by atoms with E-state index in [1.54, 1.807) is 23.2 Å². The van der Waals surface area contributed by atoms with Gasteiger partial charge in [0.1, 0.15) is 23.7 Å². The third-order valence-corrected chi connectivity index (χ3v) is 5.84. The summed E-state index contributed by atoms with van der Waals surface area (Å²) in [7, 11) is 0. The molecule has 1 amide bonds. The highest BCUT2D eigenvalue weighted by Gasteiger charge is 2.26. The zero-order valence-corrected chi connectivity index (χ0v) is 18.6. The van der Waals surface area contributed by atoms with Gasteiger partial charge in [0.2, 0.25) is 11.9 Å². The molecule has 1 atom stereocenters. The number of hydrogen-bond acceptors (Lipinski definition) is 9. The van der Waals surface area contributed by atoms with Gasteiger partial charge < -0.3 is 30.2 Å². The lowest BCUT2D eigenvalue weighted by atomic mass is 10.0. The average Bonchev–Trinajstić information content (AvgIpc) is 2.83. The molecule has 2 aliphatic heterocycles. The lowest BCUT2D eigenvalue weighted by Crippen LogP contribution is -2.45. The van der Waals surface area contributed by atoms with E-state index in [9.17, 15) is 9.59 Å². The van der Waals surface area contributed by atoms with Crippen molar-refractivity contribution < 1.29 is 9.53 Å². The summed E-state index contributed by atoms with van der Waals surface area (Å²) in [5.41, 5.74) is 0.985. The van der Waals surface area contributed by atoms with E-state index in [0.717, 1.165) is 24.2 Å². The maximum absolute atomic E-state index is 12.2. The minimum absolute atomic E-state index is 0.000472. The summed E-state index contributed by atoms with van der Waals surface area (Å²) >= 11 is 0. The molecule has 33 heavy (non-hydrogen) atoms. The summed E-state index contributed by atoms with van der Waals surface area (Å²) in [6, 6.07) is 5.33. The highest BCUT2D eigenvalue weighted by molar-refractivity contribution is 5.78. The van der Waals surface area contributed by atoms with Crippen LogP contribution in [0.1, 0.15) is 24.8 Å². The van der Waals surface area contributed by atoms with E-state index in [0.29, 0.717) is 56.8 Å². The molecule has 4 rings (SSSR count). The predicted octanol–water partition coefficient (Wildman–Crippen LogP) is 1.37. The van der Waals surface area contributed by atoms with Crippen molar-refractivity contribution in [2.45, 2.75) is 32.2 Å². The third kappa shape index (κ3) is 5.40. The fourth-order valence-corrected chi connectivity index (χ4v) is 4.12. The molecule has 0 radical (unpaired) electrons. The summed E-state index contributed by atoms with van der Waals surface area (Å²) in [6.45, 7) is 5.79. The second-order valence-electron chi connectivity index (χ2n) is 8.14. The van der Waals surface area contributed by atoms with E-state index >= 15 is 0 Å². The van der Waals surface area contributed by atoms with E-state index in [-0.39, 0.29) is 23.9 Å². The number of amides is 1. The number of nitrogens with one attached hydrogen (secondary N) is 3. The number of nitriles is 1. The van der Waals surface area contributed by atoms with Crippen LogP contribution in [0.4, 0.5) is 23.3 Å². The van der Waals surface area contributed by atoms with E-state index in [2.05, 4.69) is 25.5 Å². The largest absolute Gasteiger partial charge is 0.378 e. The number of nitrogens with zero attached hydrogens (tertiary/aromatic N) is 5. The molecule has 1 unspecified atom stereocenters. The number of morpholine rings is 1. The van der Waals surface area contributed by atoms with Crippen molar-refractivity contribution in [1.29, 1.82) is 5.26 Å². The van der Waals surface area contributed by atoms with Crippen LogP contribution in [0.2, 0.25) is 0 Å². The van der Waals surface area contributed by atoms with Gasteiger partial charge in [0, 0.05) is 44.0 Å². The van der Waals surface area contributed by atoms with Crippen LogP contribution >= 0.6 is 0 Å². The van der Waals surface area contributed by atoms with Gasteiger partial charge >= 0.3 is 0 Å². The van der Waals surface area contributed by atoms with Gasteiger partial charge in [0.05, 0.1) is 19.3 Å². The van der Waals surface area contributed by atoms with Gasteiger partial charge in [0.15, 0.2) is 0 Å². The van der Waals surface area contributed by atoms with Gasteiger partial charge in [-0.3, -0.25) is 9.59 Å². The van der Waals surface area contributed by atoms with E-state index in [1.807, 2.05) is 13.0 Å². The number of rotatable bonds is 6. The van der Waals surface area contributed by atoms with E-state index in [1.165, 1.54) is 0 Å². The molecule has 2 saturated heterocycles. The Morgan fingerprint density at radius 1 is 1.33 bits per heavy atom. The Bertz CT molecular complexity index is 1090. The molecule has 0 spiro atoms. The van der Waals surface area contributed by atoms with E-state index < -0.39 is 0 Å². The van der Waals surface area contributed by atoms with Crippen LogP contribution in [0.5, 0.6) is 0 Å². The minimum atomic E-state index is -0.261. The van der Waals surface area contributed by atoms with Gasteiger partial charge in [-0.2, -0.15) is 15.2 Å². The molecule has 4 heterocycles. The Hall–Kier alpha value is -3.65. The lowest BCUT2D eigenvalue weighted by molar-refractivity contribution is -0.131. The summed E-state index contributed by atoms with van der Waals surface area (Å²) < 4.78 is 5.49. The molecule has 0 aromatic carbocycles. The number of carbonyl (C=O) groups is 1. The Kier molecular flexibility index (Phi) is 7.04. The number of H-pyrrole nitrogens is 1. The van der Waals surface area contributed by atoms with Crippen LogP contribution in [0.15, 0.2) is 23.1 Å². The van der Waals surface area contributed by atoms with Crippen molar-refractivity contribution in [3.8, 4) is 6.07 Å². The first-order valence-electron chi connectivity index (χ1n) is 11.1. The number of pyridine rings is 1. The third-order valence-electron chi connectivity index (χ3n) is 5.84. The molecule has 2 fully saturated rings. The van der Waals surface area contributed by atoms with Gasteiger partial charge in [-0.25, -0.2) is 0 Å². The van der Waals surface area contributed by atoms with Crippen LogP contribution < -0.4 is 21.1 Å². The number of anilines is 4. The molecular weight excluding hydrogens is 424 g/mol. The number of aromatic amines is 1. The Morgan fingerprint density at radius 3 is 2.91 bits per heavy atom. The van der Waals surface area contributed by atoms with Crippen LogP contribution in [-0.4, -0.2) is 71.2 Å². The van der Waals surface area contributed by atoms with Gasteiger partial charge in [-0.1, -0.05) is 0 Å². The Labute approximate surface area is 191 Å². The molecule has 0 bridgehead atoms. The fraction of sp³-hybridized carbons (Fsp3) is 0.500. The maximum Gasteiger partial charge on any atom is 0.271 e. The van der Waals surface area contributed by atoms with Crippen molar-refractivity contribution in [2.24, 2.45) is 0 Å². The quantitative estimate of drug-likeness (QED) is 0.593. The van der Waals surface area contributed by atoms with Crippen molar-refractivity contribution in [2.75, 3.05) is 54.9 Å². The van der Waals surface area contributed by atoms with E-state index in [4.69, 9.17) is 15.0 Å².